The number of hydrogen-bond donors (Lipinski definition) is 0. The largest absolute Gasteiger partial charge is 0.434 e. The topological polar surface area (TPSA) is 61.0 Å². The van der Waals surface area contributed by atoms with Crippen LogP contribution in [0.25, 0.3) is 11.3 Å². The second-order valence-corrected chi connectivity index (χ2v) is 4.55. The zero-order valence-corrected chi connectivity index (χ0v) is 11.3. The fourth-order valence-corrected chi connectivity index (χ4v) is 2.20. The highest BCUT2D eigenvalue weighted by Crippen LogP contribution is 2.40. The molecule has 118 valence electrons. The second kappa shape index (κ2) is 5.20. The van der Waals surface area contributed by atoms with Crippen molar-refractivity contribution in [3.63, 3.8) is 0 Å². The lowest BCUT2D eigenvalue weighted by Gasteiger charge is -2.06. The van der Waals surface area contributed by atoms with Gasteiger partial charge in [-0.1, -0.05) is 11.6 Å². The fourth-order valence-electron chi connectivity index (χ4n) is 1.84. The van der Waals surface area contributed by atoms with Gasteiger partial charge in [-0.2, -0.15) is 22.7 Å². The molecule has 0 aliphatic carbocycles. The monoisotopic (exact) mass is 341 g/mol. The third-order valence-electron chi connectivity index (χ3n) is 2.75. The molecule has 11 heteroatoms. The molecule has 1 heterocycles. The lowest BCUT2D eigenvalue weighted by molar-refractivity contribution is -0.387. The molecule has 0 spiro atoms. The second-order valence-electron chi connectivity index (χ2n) is 4.17. The molecule has 0 aliphatic heterocycles. The lowest BCUT2D eigenvalue weighted by atomic mass is 10.1. The van der Waals surface area contributed by atoms with Crippen LogP contribution in [0.4, 0.5) is 27.6 Å². The van der Waals surface area contributed by atoms with E-state index in [1.165, 1.54) is 0 Å². The van der Waals surface area contributed by atoms with Crippen LogP contribution in [0.1, 0.15) is 5.69 Å². The van der Waals surface area contributed by atoms with Crippen LogP contribution in [0.5, 0.6) is 0 Å². The number of alkyl halides is 3. The van der Waals surface area contributed by atoms with Gasteiger partial charge in [0.1, 0.15) is 11.5 Å². The molecule has 0 bridgehead atoms. The van der Waals surface area contributed by atoms with Gasteiger partial charge in [-0.25, -0.2) is 4.39 Å². The van der Waals surface area contributed by atoms with E-state index in [1.807, 2.05) is 0 Å². The van der Waals surface area contributed by atoms with Crippen molar-refractivity contribution in [2.75, 3.05) is 0 Å². The first-order chi connectivity index (χ1) is 10.0. The Morgan fingerprint density at radius 3 is 2.32 bits per heavy atom. The lowest BCUT2D eigenvalue weighted by Crippen LogP contribution is -2.12. The molecule has 0 saturated carbocycles. The Morgan fingerprint density at radius 1 is 1.27 bits per heavy atom. The van der Waals surface area contributed by atoms with Crippen LogP contribution in [0.15, 0.2) is 12.1 Å². The highest BCUT2D eigenvalue weighted by atomic mass is 35.5. The number of aromatic nitrogens is 2. The molecule has 0 saturated heterocycles. The quantitative estimate of drug-likeness (QED) is 0.472. The molecule has 22 heavy (non-hydrogen) atoms. The van der Waals surface area contributed by atoms with E-state index >= 15 is 0 Å². The average molecular weight is 342 g/mol. The normalized spacial score (nSPS) is 11.8. The van der Waals surface area contributed by atoms with Gasteiger partial charge in [0.15, 0.2) is 5.69 Å². The first-order valence-electron chi connectivity index (χ1n) is 5.47. The van der Waals surface area contributed by atoms with Gasteiger partial charge in [-0.05, 0) is 6.07 Å². The summed E-state index contributed by atoms with van der Waals surface area (Å²) in [6, 6.07) is 0.630. The highest BCUT2D eigenvalue weighted by molar-refractivity contribution is 6.33. The van der Waals surface area contributed by atoms with E-state index in [1.54, 1.807) is 0 Å². The fraction of sp³-hybridized carbons (Fsp3) is 0.182. The van der Waals surface area contributed by atoms with Crippen molar-refractivity contribution < 1.29 is 26.9 Å². The molecule has 5 nitrogen and oxygen atoms in total. The van der Waals surface area contributed by atoms with Crippen molar-refractivity contribution in [2.24, 2.45) is 7.05 Å². The maximum Gasteiger partial charge on any atom is 0.434 e. The molecule has 1 aromatic heterocycles. The van der Waals surface area contributed by atoms with Crippen molar-refractivity contribution in [1.29, 1.82) is 0 Å². The predicted octanol–water partition coefficient (Wildman–Crippen LogP) is 3.95. The smallest absolute Gasteiger partial charge is 0.262 e. The van der Waals surface area contributed by atoms with Crippen LogP contribution in [-0.2, 0) is 13.2 Å². The minimum atomic E-state index is -4.85. The van der Waals surface area contributed by atoms with Gasteiger partial charge < -0.3 is 0 Å². The number of aryl methyl sites for hydroxylation is 1. The molecule has 0 amide bonds. The van der Waals surface area contributed by atoms with Crippen molar-refractivity contribution in [3.8, 4) is 11.3 Å². The summed E-state index contributed by atoms with van der Waals surface area (Å²) in [7, 11) is 0.928. The molecule has 0 unspecified atom stereocenters. The molecule has 0 atom stereocenters. The minimum Gasteiger partial charge on any atom is -0.262 e. The predicted molar refractivity (Wildman–Crippen MR) is 65.2 cm³/mol. The van der Waals surface area contributed by atoms with E-state index in [0.29, 0.717) is 10.7 Å². The number of rotatable bonds is 2. The van der Waals surface area contributed by atoms with Crippen molar-refractivity contribution in [3.05, 3.63) is 44.6 Å². The summed E-state index contributed by atoms with van der Waals surface area (Å²) < 4.78 is 66.1. The molecular formula is C11H5ClF5N3O2. The van der Waals surface area contributed by atoms with Crippen LogP contribution in [0.3, 0.4) is 0 Å². The Bertz CT molecular complexity index is 772. The first kappa shape index (κ1) is 16.1. The van der Waals surface area contributed by atoms with E-state index in [2.05, 4.69) is 5.10 Å². The van der Waals surface area contributed by atoms with E-state index in [-0.39, 0.29) is 6.07 Å². The summed E-state index contributed by atoms with van der Waals surface area (Å²) in [6.45, 7) is 0. The molecule has 0 N–H and O–H groups in total. The van der Waals surface area contributed by atoms with Crippen LogP contribution >= 0.6 is 11.6 Å². The summed E-state index contributed by atoms with van der Waals surface area (Å²) in [6.07, 6.45) is -4.85. The van der Waals surface area contributed by atoms with Gasteiger partial charge in [0.25, 0.3) is 0 Å². The van der Waals surface area contributed by atoms with Crippen LogP contribution in [0, 0.1) is 21.7 Å². The number of benzene rings is 1. The van der Waals surface area contributed by atoms with E-state index in [0.717, 1.165) is 7.05 Å². The van der Waals surface area contributed by atoms with Crippen molar-refractivity contribution in [2.45, 2.75) is 6.18 Å². The highest BCUT2D eigenvalue weighted by Gasteiger charge is 2.39. The minimum absolute atomic E-state index is 0.253. The molecule has 2 aromatic rings. The Morgan fingerprint density at radius 2 is 1.86 bits per heavy atom. The number of halogens is 6. The summed E-state index contributed by atoms with van der Waals surface area (Å²) in [5, 5.41) is 13.0. The van der Waals surface area contributed by atoms with E-state index in [9.17, 15) is 32.1 Å². The Labute approximate surface area is 124 Å². The maximum atomic E-state index is 13.8. The van der Waals surface area contributed by atoms with Gasteiger partial charge >= 0.3 is 11.9 Å². The van der Waals surface area contributed by atoms with Crippen LogP contribution in [0.2, 0.25) is 5.02 Å². The first-order valence-corrected chi connectivity index (χ1v) is 5.85. The van der Waals surface area contributed by atoms with Gasteiger partial charge in [-0.15, -0.1) is 0 Å². The summed E-state index contributed by atoms with van der Waals surface area (Å²) in [4.78, 5) is 9.32. The standard InChI is InChI=1S/C11H5ClF5N3O2/c1-19-10(11(15,16)17)8(12)9(18-19)4-2-6(14)7(20(21)22)3-5(4)13/h2-3H,1H3. The Hall–Kier alpha value is -2.23. The number of nitro benzene ring substituents is 1. The Kier molecular flexibility index (Phi) is 3.81. The third-order valence-corrected chi connectivity index (χ3v) is 3.10. The summed E-state index contributed by atoms with van der Waals surface area (Å²) in [5.74, 6) is -2.74. The zero-order valence-electron chi connectivity index (χ0n) is 10.6. The number of nitrogens with zero attached hydrogens (tertiary/aromatic N) is 3. The van der Waals surface area contributed by atoms with Crippen LogP contribution in [-0.4, -0.2) is 14.7 Å². The van der Waals surface area contributed by atoms with Gasteiger partial charge in [0.2, 0.25) is 5.82 Å². The third kappa shape index (κ3) is 2.61. The van der Waals surface area contributed by atoms with E-state index < -0.39 is 50.4 Å². The van der Waals surface area contributed by atoms with Gasteiger partial charge in [0, 0.05) is 12.6 Å². The molecule has 0 radical (unpaired) electrons. The van der Waals surface area contributed by atoms with Crippen LogP contribution < -0.4 is 0 Å². The SMILES string of the molecule is Cn1nc(-c2cc(F)c([N+](=O)[O-])cc2F)c(Cl)c1C(F)(F)F. The van der Waals surface area contributed by atoms with Gasteiger partial charge in [0.05, 0.1) is 16.0 Å². The summed E-state index contributed by atoms with van der Waals surface area (Å²) in [5.41, 5.74) is -3.87. The molecule has 2 rings (SSSR count). The number of nitro groups is 1. The van der Waals surface area contributed by atoms with Gasteiger partial charge in [-0.3, -0.25) is 14.8 Å². The van der Waals surface area contributed by atoms with Crippen molar-refractivity contribution in [1.82, 2.24) is 9.78 Å². The van der Waals surface area contributed by atoms with E-state index in [4.69, 9.17) is 11.6 Å². The molecule has 1 aromatic carbocycles. The zero-order chi connectivity index (χ0) is 16.8. The number of hydrogen-bond acceptors (Lipinski definition) is 3. The summed E-state index contributed by atoms with van der Waals surface area (Å²) >= 11 is 5.55. The average Bonchev–Trinajstić information content (AvgIpc) is 2.66. The molecule has 0 aliphatic rings. The Balaban J connectivity index is 2.69. The molecule has 0 fully saturated rings. The maximum absolute atomic E-state index is 13.8. The van der Waals surface area contributed by atoms with Crippen molar-refractivity contribution >= 4 is 17.3 Å². The molecular weight excluding hydrogens is 337 g/mol.